The van der Waals surface area contributed by atoms with Gasteiger partial charge in [-0.25, -0.2) is 4.79 Å². The van der Waals surface area contributed by atoms with Gasteiger partial charge in [-0.1, -0.05) is 44.2 Å². The molecule has 0 spiro atoms. The SMILES string of the molecule is CC(C)CC(=O)N1c2ccccc2OC(=O)[C@@H]1CC(=O)Nc1ccccc1. The molecule has 1 atom stereocenters. The summed E-state index contributed by atoms with van der Waals surface area (Å²) in [5, 5.41) is 2.75. The Hall–Kier alpha value is -3.15. The number of ether oxygens (including phenoxy) is 1. The Morgan fingerprint density at radius 3 is 2.44 bits per heavy atom. The van der Waals surface area contributed by atoms with Gasteiger partial charge in [0.2, 0.25) is 11.8 Å². The number of hydrogen-bond acceptors (Lipinski definition) is 4. The van der Waals surface area contributed by atoms with Crippen LogP contribution in [0, 0.1) is 5.92 Å². The van der Waals surface area contributed by atoms with Gasteiger partial charge in [0.15, 0.2) is 5.75 Å². The van der Waals surface area contributed by atoms with E-state index in [2.05, 4.69) is 5.32 Å². The monoisotopic (exact) mass is 366 g/mol. The number of esters is 1. The number of carbonyl (C=O) groups excluding carboxylic acids is 3. The zero-order valence-corrected chi connectivity index (χ0v) is 15.3. The minimum atomic E-state index is -0.991. The van der Waals surface area contributed by atoms with Gasteiger partial charge in [0.1, 0.15) is 6.04 Å². The number of anilines is 2. The molecule has 6 nitrogen and oxygen atoms in total. The summed E-state index contributed by atoms with van der Waals surface area (Å²) in [4.78, 5) is 39.3. The van der Waals surface area contributed by atoms with E-state index in [9.17, 15) is 14.4 Å². The molecule has 0 aliphatic carbocycles. The molecule has 0 saturated carbocycles. The lowest BCUT2D eigenvalue weighted by atomic mass is 10.0. The number of hydrogen-bond donors (Lipinski definition) is 1. The van der Waals surface area contributed by atoms with Gasteiger partial charge in [0, 0.05) is 12.1 Å². The molecule has 0 unspecified atom stereocenters. The van der Waals surface area contributed by atoms with E-state index in [-0.39, 0.29) is 30.6 Å². The Morgan fingerprint density at radius 1 is 1.07 bits per heavy atom. The van der Waals surface area contributed by atoms with Crippen molar-refractivity contribution in [2.75, 3.05) is 10.2 Å². The van der Waals surface area contributed by atoms with Crippen LogP contribution in [0.25, 0.3) is 0 Å². The van der Waals surface area contributed by atoms with Crippen LogP contribution in [0.3, 0.4) is 0 Å². The van der Waals surface area contributed by atoms with E-state index in [0.29, 0.717) is 17.1 Å². The Morgan fingerprint density at radius 2 is 1.74 bits per heavy atom. The van der Waals surface area contributed by atoms with Crippen LogP contribution in [-0.2, 0) is 14.4 Å². The second kappa shape index (κ2) is 8.03. The highest BCUT2D eigenvalue weighted by Crippen LogP contribution is 2.36. The van der Waals surface area contributed by atoms with Crippen molar-refractivity contribution in [3.63, 3.8) is 0 Å². The van der Waals surface area contributed by atoms with Crippen LogP contribution in [0.5, 0.6) is 5.75 Å². The number of benzene rings is 2. The first-order chi connectivity index (χ1) is 13.0. The predicted molar refractivity (Wildman–Crippen MR) is 102 cm³/mol. The third-order valence-corrected chi connectivity index (χ3v) is 4.21. The third kappa shape index (κ3) is 4.34. The molecule has 27 heavy (non-hydrogen) atoms. The molecule has 2 amide bonds. The van der Waals surface area contributed by atoms with Crippen LogP contribution in [0.2, 0.25) is 0 Å². The molecule has 0 aromatic heterocycles. The number of carbonyl (C=O) groups is 3. The zero-order chi connectivity index (χ0) is 19.4. The molecule has 3 rings (SSSR count). The van der Waals surface area contributed by atoms with Crippen molar-refractivity contribution in [2.24, 2.45) is 5.92 Å². The van der Waals surface area contributed by atoms with E-state index in [1.807, 2.05) is 19.9 Å². The number of amides is 2. The molecule has 1 aliphatic rings. The van der Waals surface area contributed by atoms with Gasteiger partial charge in [-0.2, -0.15) is 0 Å². The molecule has 140 valence electrons. The summed E-state index contributed by atoms with van der Waals surface area (Å²) < 4.78 is 5.37. The first kappa shape index (κ1) is 18.6. The van der Waals surface area contributed by atoms with Crippen LogP contribution in [0.15, 0.2) is 54.6 Å². The van der Waals surface area contributed by atoms with Gasteiger partial charge in [0.25, 0.3) is 0 Å². The van der Waals surface area contributed by atoms with Gasteiger partial charge in [-0.15, -0.1) is 0 Å². The maximum atomic E-state index is 12.9. The second-order valence-electron chi connectivity index (χ2n) is 6.88. The summed E-state index contributed by atoms with van der Waals surface area (Å²) in [6.45, 7) is 3.87. The Labute approximate surface area is 158 Å². The molecule has 1 heterocycles. The van der Waals surface area contributed by atoms with Crippen LogP contribution in [-0.4, -0.2) is 23.8 Å². The van der Waals surface area contributed by atoms with E-state index in [0.717, 1.165) is 0 Å². The molecule has 6 heteroatoms. The Bertz CT molecular complexity index is 848. The van der Waals surface area contributed by atoms with E-state index >= 15 is 0 Å². The molecule has 0 fully saturated rings. The van der Waals surface area contributed by atoms with Crippen LogP contribution in [0.4, 0.5) is 11.4 Å². The number of fused-ring (bicyclic) bond motifs is 1. The summed E-state index contributed by atoms with van der Waals surface area (Å²) in [5.74, 6) is -0.703. The van der Waals surface area contributed by atoms with Crippen molar-refractivity contribution >= 4 is 29.2 Å². The Balaban J connectivity index is 1.85. The van der Waals surface area contributed by atoms with E-state index in [1.54, 1.807) is 48.5 Å². The van der Waals surface area contributed by atoms with Gasteiger partial charge in [0.05, 0.1) is 12.1 Å². The average Bonchev–Trinajstić information content (AvgIpc) is 2.62. The van der Waals surface area contributed by atoms with E-state index in [4.69, 9.17) is 4.74 Å². The normalized spacial score (nSPS) is 15.9. The fourth-order valence-electron chi connectivity index (χ4n) is 3.03. The first-order valence-electron chi connectivity index (χ1n) is 8.93. The molecule has 0 saturated heterocycles. The maximum absolute atomic E-state index is 12.9. The van der Waals surface area contributed by atoms with Crippen molar-refractivity contribution in [3.05, 3.63) is 54.6 Å². The lowest BCUT2D eigenvalue weighted by Crippen LogP contribution is -2.51. The number of nitrogens with one attached hydrogen (secondary N) is 1. The molecular formula is C21H22N2O4. The van der Waals surface area contributed by atoms with Crippen molar-refractivity contribution in [1.29, 1.82) is 0 Å². The lowest BCUT2D eigenvalue weighted by Gasteiger charge is -2.35. The highest BCUT2D eigenvalue weighted by molar-refractivity contribution is 6.06. The van der Waals surface area contributed by atoms with Gasteiger partial charge in [-0.3, -0.25) is 14.5 Å². The molecular weight excluding hydrogens is 344 g/mol. The quantitative estimate of drug-likeness (QED) is 0.650. The fourth-order valence-corrected chi connectivity index (χ4v) is 3.03. The highest BCUT2D eigenvalue weighted by atomic mass is 16.5. The Kier molecular flexibility index (Phi) is 5.54. The summed E-state index contributed by atoms with van der Waals surface area (Å²) in [6, 6.07) is 14.9. The van der Waals surface area contributed by atoms with Crippen molar-refractivity contribution in [3.8, 4) is 5.75 Å². The molecule has 1 N–H and O–H groups in total. The predicted octanol–water partition coefficient (Wildman–Crippen LogP) is 3.38. The summed E-state index contributed by atoms with van der Waals surface area (Å²) >= 11 is 0. The smallest absolute Gasteiger partial charge is 0.335 e. The zero-order valence-electron chi connectivity index (χ0n) is 15.3. The van der Waals surface area contributed by atoms with Crippen molar-refractivity contribution in [2.45, 2.75) is 32.7 Å². The highest BCUT2D eigenvalue weighted by Gasteiger charge is 2.39. The maximum Gasteiger partial charge on any atom is 0.335 e. The van der Waals surface area contributed by atoms with Crippen LogP contribution in [0.1, 0.15) is 26.7 Å². The molecule has 2 aromatic carbocycles. The minimum Gasteiger partial charge on any atom is -0.423 e. The van der Waals surface area contributed by atoms with Gasteiger partial charge >= 0.3 is 5.97 Å². The number of rotatable bonds is 5. The molecule has 0 bridgehead atoms. The number of para-hydroxylation sites is 3. The van der Waals surface area contributed by atoms with Crippen LogP contribution < -0.4 is 15.0 Å². The molecule has 0 radical (unpaired) electrons. The van der Waals surface area contributed by atoms with Crippen molar-refractivity contribution < 1.29 is 19.1 Å². The lowest BCUT2D eigenvalue weighted by molar-refractivity contribution is -0.140. The largest absolute Gasteiger partial charge is 0.423 e. The van der Waals surface area contributed by atoms with Crippen LogP contribution >= 0.6 is 0 Å². The molecule has 2 aromatic rings. The standard InChI is InChI=1S/C21H22N2O4/c1-14(2)12-20(25)23-16-10-6-7-11-18(16)27-21(26)17(23)13-19(24)22-15-8-4-3-5-9-15/h3-11,14,17H,12-13H2,1-2H3,(H,22,24)/t17-/m0/s1. The number of nitrogens with zero attached hydrogens (tertiary/aromatic N) is 1. The minimum absolute atomic E-state index is 0.126. The summed E-state index contributed by atoms with van der Waals surface area (Å²) in [7, 11) is 0. The van der Waals surface area contributed by atoms with E-state index < -0.39 is 12.0 Å². The summed E-state index contributed by atoms with van der Waals surface area (Å²) in [5.41, 5.74) is 1.15. The fraction of sp³-hybridized carbons (Fsp3) is 0.286. The molecule has 1 aliphatic heterocycles. The first-order valence-corrected chi connectivity index (χ1v) is 8.93. The second-order valence-corrected chi connectivity index (χ2v) is 6.88. The van der Waals surface area contributed by atoms with E-state index in [1.165, 1.54) is 4.90 Å². The third-order valence-electron chi connectivity index (χ3n) is 4.21. The summed E-state index contributed by atoms with van der Waals surface area (Å²) in [6.07, 6.45) is 0.102. The van der Waals surface area contributed by atoms with Crippen molar-refractivity contribution in [1.82, 2.24) is 0 Å². The average molecular weight is 366 g/mol. The topological polar surface area (TPSA) is 75.7 Å². The van der Waals surface area contributed by atoms with Gasteiger partial charge in [-0.05, 0) is 30.2 Å². The van der Waals surface area contributed by atoms with Gasteiger partial charge < -0.3 is 10.1 Å².